The lowest BCUT2D eigenvalue weighted by molar-refractivity contribution is 0.0699. The lowest BCUT2D eigenvalue weighted by atomic mass is 10.0. The molecule has 1 aromatic heterocycles. The Morgan fingerprint density at radius 2 is 2.12 bits per heavy atom. The summed E-state index contributed by atoms with van der Waals surface area (Å²) in [5.74, 6) is -0.973. The van der Waals surface area contributed by atoms with Gasteiger partial charge >= 0.3 is 5.97 Å². The Bertz CT molecular complexity index is 555. The van der Waals surface area contributed by atoms with Crippen LogP contribution in [-0.2, 0) is 7.05 Å². The molecular weight excluding hydrogens is 206 g/mol. The average molecular weight is 219 g/mol. The highest BCUT2D eigenvalue weighted by Gasteiger charge is 2.17. The molecule has 1 atom stereocenters. The molecule has 16 heavy (non-hydrogen) atoms. The predicted molar refractivity (Wildman–Crippen MR) is 60.5 cm³/mol. The molecule has 4 nitrogen and oxygen atoms in total. The molecule has 0 spiro atoms. The van der Waals surface area contributed by atoms with Crippen molar-refractivity contribution in [3.8, 4) is 0 Å². The van der Waals surface area contributed by atoms with Gasteiger partial charge in [-0.15, -0.1) is 0 Å². The van der Waals surface area contributed by atoms with Gasteiger partial charge in [0, 0.05) is 29.7 Å². The zero-order chi connectivity index (χ0) is 11.9. The van der Waals surface area contributed by atoms with Gasteiger partial charge in [-0.1, -0.05) is 6.07 Å². The largest absolute Gasteiger partial charge is 0.478 e. The van der Waals surface area contributed by atoms with Crippen molar-refractivity contribution >= 4 is 16.9 Å². The molecule has 0 aliphatic carbocycles. The van der Waals surface area contributed by atoms with Crippen molar-refractivity contribution in [3.63, 3.8) is 0 Å². The summed E-state index contributed by atoms with van der Waals surface area (Å²) in [6, 6.07) is 5.10. The van der Waals surface area contributed by atoms with Crippen LogP contribution in [0, 0.1) is 0 Å². The summed E-state index contributed by atoms with van der Waals surface area (Å²) in [5.41, 5.74) is 1.69. The molecule has 1 aromatic carbocycles. The van der Waals surface area contributed by atoms with Gasteiger partial charge in [0.15, 0.2) is 0 Å². The van der Waals surface area contributed by atoms with E-state index < -0.39 is 12.1 Å². The molecule has 2 N–H and O–H groups in total. The van der Waals surface area contributed by atoms with Crippen LogP contribution in [0.5, 0.6) is 0 Å². The number of carboxylic acid groups (broad SMARTS) is 1. The molecule has 0 saturated heterocycles. The molecule has 0 amide bonds. The molecule has 1 heterocycles. The fraction of sp³-hybridized carbons (Fsp3) is 0.250. The fourth-order valence-electron chi connectivity index (χ4n) is 1.98. The van der Waals surface area contributed by atoms with Crippen molar-refractivity contribution in [2.24, 2.45) is 7.05 Å². The molecule has 0 bridgehead atoms. The van der Waals surface area contributed by atoms with Crippen molar-refractivity contribution in [2.75, 3.05) is 0 Å². The maximum Gasteiger partial charge on any atom is 0.336 e. The molecule has 4 heteroatoms. The monoisotopic (exact) mass is 219 g/mol. The molecular formula is C12H13NO3. The maximum absolute atomic E-state index is 11.1. The van der Waals surface area contributed by atoms with E-state index in [9.17, 15) is 9.90 Å². The number of carboxylic acids is 1. The normalized spacial score (nSPS) is 12.9. The Kier molecular flexibility index (Phi) is 2.44. The zero-order valence-electron chi connectivity index (χ0n) is 9.14. The number of aromatic nitrogens is 1. The van der Waals surface area contributed by atoms with Crippen molar-refractivity contribution in [2.45, 2.75) is 13.0 Å². The van der Waals surface area contributed by atoms with Crippen molar-refractivity contribution in [1.29, 1.82) is 0 Å². The van der Waals surface area contributed by atoms with E-state index in [1.165, 1.54) is 0 Å². The van der Waals surface area contributed by atoms with Gasteiger partial charge < -0.3 is 14.8 Å². The number of aromatic carboxylic acids is 1. The zero-order valence-corrected chi connectivity index (χ0v) is 9.14. The summed E-state index contributed by atoms with van der Waals surface area (Å²) in [4.78, 5) is 11.1. The summed E-state index contributed by atoms with van der Waals surface area (Å²) >= 11 is 0. The summed E-state index contributed by atoms with van der Waals surface area (Å²) in [6.45, 7) is 1.63. The minimum Gasteiger partial charge on any atom is -0.478 e. The van der Waals surface area contributed by atoms with Crippen LogP contribution in [0.1, 0.15) is 28.9 Å². The van der Waals surface area contributed by atoms with Gasteiger partial charge in [0.25, 0.3) is 0 Å². The van der Waals surface area contributed by atoms with E-state index in [-0.39, 0.29) is 5.56 Å². The molecule has 84 valence electrons. The number of benzene rings is 1. The Morgan fingerprint density at radius 3 is 2.69 bits per heavy atom. The third-order valence-corrected chi connectivity index (χ3v) is 2.72. The molecule has 2 aromatic rings. The highest BCUT2D eigenvalue weighted by molar-refractivity contribution is 6.04. The van der Waals surface area contributed by atoms with Crippen LogP contribution in [0.3, 0.4) is 0 Å². The van der Waals surface area contributed by atoms with E-state index in [4.69, 9.17) is 5.11 Å². The number of hydrogen-bond acceptors (Lipinski definition) is 2. The van der Waals surface area contributed by atoms with Crippen LogP contribution in [0.4, 0.5) is 0 Å². The number of hydrogen-bond donors (Lipinski definition) is 2. The van der Waals surface area contributed by atoms with E-state index in [1.54, 1.807) is 25.3 Å². The van der Waals surface area contributed by atoms with Gasteiger partial charge in [0.2, 0.25) is 0 Å². The van der Waals surface area contributed by atoms with E-state index >= 15 is 0 Å². The Labute approximate surface area is 92.7 Å². The minimum atomic E-state index is -0.973. The summed E-state index contributed by atoms with van der Waals surface area (Å²) in [6.07, 6.45) is 1.09. The minimum absolute atomic E-state index is 0.231. The lowest BCUT2D eigenvalue weighted by Crippen LogP contribution is -1.99. The van der Waals surface area contributed by atoms with Gasteiger partial charge in [-0.2, -0.15) is 0 Å². The number of aliphatic hydroxyl groups excluding tert-OH is 1. The highest BCUT2D eigenvalue weighted by Crippen LogP contribution is 2.28. The third kappa shape index (κ3) is 1.47. The number of fused-ring (bicyclic) bond motifs is 1. The number of carbonyl (C=O) groups is 1. The molecule has 1 unspecified atom stereocenters. The molecule has 0 fully saturated rings. The number of rotatable bonds is 2. The van der Waals surface area contributed by atoms with Crippen LogP contribution in [0.15, 0.2) is 24.4 Å². The topological polar surface area (TPSA) is 62.5 Å². The molecule has 0 radical (unpaired) electrons. The Hall–Kier alpha value is -1.81. The first-order chi connectivity index (χ1) is 7.52. The van der Waals surface area contributed by atoms with Gasteiger partial charge in [-0.05, 0) is 19.1 Å². The quantitative estimate of drug-likeness (QED) is 0.811. The first-order valence-corrected chi connectivity index (χ1v) is 5.01. The first kappa shape index (κ1) is 10.7. The standard InChI is InChI=1S/C12H13NO3/c1-7(14)9-6-13(2)10-5-3-4-8(11(9)10)12(15)16/h3-7,14H,1-2H3,(H,15,16). The number of aryl methyl sites for hydroxylation is 1. The first-order valence-electron chi connectivity index (χ1n) is 5.01. The van der Waals surface area contributed by atoms with Crippen molar-refractivity contribution in [3.05, 3.63) is 35.5 Å². The SMILES string of the molecule is CC(O)c1cn(C)c2cccc(C(=O)O)c12. The smallest absolute Gasteiger partial charge is 0.336 e. The fourth-order valence-corrected chi connectivity index (χ4v) is 1.98. The van der Waals surface area contributed by atoms with Crippen LogP contribution >= 0.6 is 0 Å². The summed E-state index contributed by atoms with van der Waals surface area (Å²) < 4.78 is 1.82. The Morgan fingerprint density at radius 1 is 1.44 bits per heavy atom. The predicted octanol–water partition coefficient (Wildman–Crippen LogP) is 1.93. The van der Waals surface area contributed by atoms with Gasteiger partial charge in [-0.25, -0.2) is 4.79 Å². The van der Waals surface area contributed by atoms with Crippen LogP contribution in [0.25, 0.3) is 10.9 Å². The number of aliphatic hydroxyl groups is 1. The van der Waals surface area contributed by atoms with Crippen LogP contribution in [-0.4, -0.2) is 20.7 Å². The van der Waals surface area contributed by atoms with Crippen LogP contribution in [0.2, 0.25) is 0 Å². The lowest BCUT2D eigenvalue weighted by Gasteiger charge is -2.04. The van der Waals surface area contributed by atoms with E-state index in [1.807, 2.05) is 17.7 Å². The molecule has 0 saturated carbocycles. The number of nitrogens with zero attached hydrogens (tertiary/aromatic N) is 1. The van der Waals surface area contributed by atoms with Crippen molar-refractivity contribution < 1.29 is 15.0 Å². The third-order valence-electron chi connectivity index (χ3n) is 2.72. The second-order valence-electron chi connectivity index (χ2n) is 3.88. The van der Waals surface area contributed by atoms with Crippen molar-refractivity contribution in [1.82, 2.24) is 4.57 Å². The van der Waals surface area contributed by atoms with E-state index in [0.717, 1.165) is 5.52 Å². The Balaban J connectivity index is 2.88. The molecule has 2 rings (SSSR count). The summed E-state index contributed by atoms with van der Waals surface area (Å²) in [7, 11) is 1.83. The highest BCUT2D eigenvalue weighted by atomic mass is 16.4. The maximum atomic E-state index is 11.1. The van der Waals surface area contributed by atoms with Gasteiger partial charge in [0.05, 0.1) is 11.7 Å². The van der Waals surface area contributed by atoms with E-state index in [2.05, 4.69) is 0 Å². The van der Waals surface area contributed by atoms with Gasteiger partial charge in [-0.3, -0.25) is 0 Å². The second kappa shape index (κ2) is 3.64. The second-order valence-corrected chi connectivity index (χ2v) is 3.88. The van der Waals surface area contributed by atoms with Crippen LogP contribution < -0.4 is 0 Å². The van der Waals surface area contributed by atoms with E-state index in [0.29, 0.717) is 10.9 Å². The molecule has 0 aliphatic heterocycles. The van der Waals surface area contributed by atoms with Gasteiger partial charge in [0.1, 0.15) is 0 Å². The average Bonchev–Trinajstić information content (AvgIpc) is 2.56. The molecule has 0 aliphatic rings. The summed E-state index contributed by atoms with van der Waals surface area (Å²) in [5, 5.41) is 19.4.